The Morgan fingerprint density at radius 1 is 1.43 bits per heavy atom. The van der Waals surface area contributed by atoms with Gasteiger partial charge in [-0.15, -0.1) is 0 Å². The van der Waals surface area contributed by atoms with Crippen molar-refractivity contribution in [2.45, 2.75) is 11.2 Å². The standard InChI is InChI=1S/C13H11NO6S/c1-21(17,18)11-10(13(11,5-14)12(15)16)7-2-3-8-9(4-7)20-6-19-8/h2-4,10-11H,6H2,1H3,(H,15,16)/t10-,11+,13+/m0/s1. The van der Waals surface area contributed by atoms with Crippen LogP contribution in [-0.4, -0.2) is 37.8 Å². The molecular formula is C13H11NO6S. The summed E-state index contributed by atoms with van der Waals surface area (Å²) in [5.41, 5.74) is -1.50. The van der Waals surface area contributed by atoms with Crippen molar-refractivity contribution in [2.75, 3.05) is 13.0 Å². The number of nitriles is 1. The van der Waals surface area contributed by atoms with E-state index < -0.39 is 32.4 Å². The molecule has 1 fully saturated rings. The van der Waals surface area contributed by atoms with Crippen molar-refractivity contribution in [3.63, 3.8) is 0 Å². The van der Waals surface area contributed by atoms with Crippen LogP contribution in [-0.2, 0) is 14.6 Å². The third kappa shape index (κ3) is 1.77. The molecule has 3 atom stereocenters. The minimum Gasteiger partial charge on any atom is -0.480 e. The summed E-state index contributed by atoms with van der Waals surface area (Å²) >= 11 is 0. The van der Waals surface area contributed by atoms with E-state index in [9.17, 15) is 23.6 Å². The smallest absolute Gasteiger partial charge is 0.326 e. The van der Waals surface area contributed by atoms with Gasteiger partial charge in [0.2, 0.25) is 6.79 Å². The second kappa shape index (κ2) is 4.11. The van der Waals surface area contributed by atoms with E-state index >= 15 is 0 Å². The van der Waals surface area contributed by atoms with E-state index in [2.05, 4.69) is 0 Å². The van der Waals surface area contributed by atoms with Crippen molar-refractivity contribution >= 4 is 15.8 Å². The van der Waals surface area contributed by atoms with E-state index in [4.69, 9.17) is 9.47 Å². The molecule has 1 heterocycles. The van der Waals surface area contributed by atoms with E-state index in [1.807, 2.05) is 0 Å². The summed E-state index contributed by atoms with van der Waals surface area (Å²) in [5.74, 6) is -1.41. The number of carboxylic acids is 1. The average molecular weight is 309 g/mol. The molecule has 0 radical (unpaired) electrons. The zero-order valence-electron chi connectivity index (χ0n) is 10.9. The lowest BCUT2D eigenvalue weighted by molar-refractivity contribution is -0.141. The Hall–Kier alpha value is -2.27. The lowest BCUT2D eigenvalue weighted by atomic mass is 10.0. The van der Waals surface area contributed by atoms with Crippen molar-refractivity contribution in [3.05, 3.63) is 23.8 Å². The molecule has 0 unspecified atom stereocenters. The molecule has 1 saturated carbocycles. The fourth-order valence-corrected chi connectivity index (χ4v) is 4.68. The normalized spacial score (nSPS) is 29.7. The number of carboxylic acid groups (broad SMARTS) is 1. The number of hydrogen-bond donors (Lipinski definition) is 1. The van der Waals surface area contributed by atoms with Crippen LogP contribution in [0.3, 0.4) is 0 Å². The van der Waals surface area contributed by atoms with Crippen LogP contribution in [0.5, 0.6) is 11.5 Å². The second-order valence-corrected chi connectivity index (χ2v) is 7.29. The fourth-order valence-electron chi connectivity index (χ4n) is 2.92. The van der Waals surface area contributed by atoms with E-state index in [0.717, 1.165) is 6.26 Å². The molecule has 21 heavy (non-hydrogen) atoms. The molecule has 0 spiro atoms. The van der Waals surface area contributed by atoms with Gasteiger partial charge in [-0.2, -0.15) is 5.26 Å². The van der Waals surface area contributed by atoms with Crippen LogP contribution in [0, 0.1) is 16.7 Å². The van der Waals surface area contributed by atoms with Gasteiger partial charge in [-0.3, -0.25) is 4.79 Å². The number of nitrogens with zero attached hydrogens (tertiary/aromatic N) is 1. The van der Waals surface area contributed by atoms with Gasteiger partial charge in [0, 0.05) is 12.2 Å². The van der Waals surface area contributed by atoms with Gasteiger partial charge in [0.15, 0.2) is 26.8 Å². The molecule has 1 N–H and O–H groups in total. The van der Waals surface area contributed by atoms with Crippen LogP contribution in [0.15, 0.2) is 18.2 Å². The summed E-state index contributed by atoms with van der Waals surface area (Å²) in [7, 11) is -3.68. The lowest BCUT2D eigenvalue weighted by Gasteiger charge is -2.03. The van der Waals surface area contributed by atoms with E-state index in [-0.39, 0.29) is 6.79 Å². The number of benzene rings is 1. The summed E-state index contributed by atoms with van der Waals surface area (Å²) < 4.78 is 34.0. The molecule has 1 aromatic rings. The zero-order chi connectivity index (χ0) is 15.4. The van der Waals surface area contributed by atoms with E-state index in [1.54, 1.807) is 18.2 Å². The Morgan fingerprint density at radius 3 is 2.62 bits per heavy atom. The van der Waals surface area contributed by atoms with Crippen molar-refractivity contribution in [1.29, 1.82) is 5.26 Å². The molecule has 7 nitrogen and oxygen atoms in total. The van der Waals surface area contributed by atoms with Gasteiger partial charge < -0.3 is 14.6 Å². The van der Waals surface area contributed by atoms with Gasteiger partial charge in [-0.25, -0.2) is 8.42 Å². The lowest BCUT2D eigenvalue weighted by Crippen LogP contribution is -2.21. The minimum absolute atomic E-state index is 0.0568. The van der Waals surface area contributed by atoms with Crippen LogP contribution in [0.2, 0.25) is 0 Å². The second-order valence-electron chi connectivity index (χ2n) is 5.13. The van der Waals surface area contributed by atoms with Crippen molar-refractivity contribution in [1.82, 2.24) is 0 Å². The topological polar surface area (TPSA) is 114 Å². The number of sulfone groups is 1. The number of fused-ring (bicyclic) bond motifs is 1. The molecule has 0 amide bonds. The average Bonchev–Trinajstić information content (AvgIpc) is 2.92. The Kier molecular flexibility index (Phi) is 2.68. The maximum Gasteiger partial charge on any atom is 0.326 e. The van der Waals surface area contributed by atoms with Gasteiger partial charge in [-0.05, 0) is 17.7 Å². The van der Waals surface area contributed by atoms with Crippen LogP contribution < -0.4 is 9.47 Å². The van der Waals surface area contributed by atoms with Crippen LogP contribution >= 0.6 is 0 Å². The first kappa shape index (κ1) is 13.7. The number of carbonyl (C=O) groups is 1. The van der Waals surface area contributed by atoms with Gasteiger partial charge in [0.05, 0.1) is 6.07 Å². The summed E-state index contributed by atoms with van der Waals surface area (Å²) in [6.45, 7) is 0.0568. The Morgan fingerprint density at radius 2 is 2.10 bits per heavy atom. The Labute approximate surface area is 120 Å². The molecule has 1 aliphatic carbocycles. The summed E-state index contributed by atoms with van der Waals surface area (Å²) in [4.78, 5) is 11.4. The SMILES string of the molecule is CS(=O)(=O)[C@@H]1[C@H](c2ccc3c(c2)OCO3)[C@@]1(C#N)C(=O)O. The predicted molar refractivity (Wildman–Crippen MR) is 69.6 cm³/mol. The number of ether oxygens (including phenoxy) is 2. The van der Waals surface area contributed by atoms with Gasteiger partial charge in [0.25, 0.3) is 0 Å². The maximum atomic E-state index is 11.8. The highest BCUT2D eigenvalue weighted by molar-refractivity contribution is 7.91. The summed E-state index contributed by atoms with van der Waals surface area (Å²) in [6, 6.07) is 6.36. The van der Waals surface area contributed by atoms with Gasteiger partial charge >= 0.3 is 5.97 Å². The highest BCUT2D eigenvalue weighted by atomic mass is 32.2. The first-order chi connectivity index (χ1) is 9.82. The third-order valence-electron chi connectivity index (χ3n) is 3.89. The molecule has 3 rings (SSSR count). The monoisotopic (exact) mass is 309 g/mol. The molecule has 110 valence electrons. The van der Waals surface area contributed by atoms with Crippen LogP contribution in [0.25, 0.3) is 0 Å². The van der Waals surface area contributed by atoms with Gasteiger partial charge in [0.1, 0.15) is 5.25 Å². The highest BCUT2D eigenvalue weighted by Crippen LogP contribution is 2.63. The van der Waals surface area contributed by atoms with Crippen molar-refractivity contribution < 1.29 is 27.8 Å². The maximum absolute atomic E-state index is 11.8. The minimum atomic E-state index is -3.68. The molecular weight excluding hydrogens is 298 g/mol. The molecule has 0 saturated heterocycles. The van der Waals surface area contributed by atoms with Crippen LogP contribution in [0.4, 0.5) is 0 Å². The molecule has 8 heteroatoms. The number of hydrogen-bond acceptors (Lipinski definition) is 6. The van der Waals surface area contributed by atoms with E-state index in [0.29, 0.717) is 17.1 Å². The first-order valence-electron chi connectivity index (χ1n) is 6.05. The summed E-state index contributed by atoms with van der Waals surface area (Å²) in [6.07, 6.45) is 0.944. The molecule has 0 aromatic heterocycles. The van der Waals surface area contributed by atoms with Crippen LogP contribution in [0.1, 0.15) is 11.5 Å². The van der Waals surface area contributed by atoms with E-state index in [1.165, 1.54) is 6.07 Å². The number of rotatable bonds is 3. The molecule has 2 aliphatic rings. The van der Waals surface area contributed by atoms with Crippen molar-refractivity contribution in [3.8, 4) is 17.6 Å². The zero-order valence-corrected chi connectivity index (χ0v) is 11.8. The Balaban J connectivity index is 2.09. The van der Waals surface area contributed by atoms with Crippen molar-refractivity contribution in [2.24, 2.45) is 5.41 Å². The van der Waals surface area contributed by atoms with Gasteiger partial charge in [-0.1, -0.05) is 6.07 Å². The Bertz CT molecular complexity index is 780. The third-order valence-corrected chi connectivity index (χ3v) is 5.46. The predicted octanol–water partition coefficient (Wildman–Crippen LogP) is 0.520. The largest absolute Gasteiger partial charge is 0.480 e. The summed E-state index contributed by atoms with van der Waals surface area (Å²) in [5, 5.41) is 17.3. The quantitative estimate of drug-likeness (QED) is 0.865. The molecule has 1 aromatic carbocycles. The molecule has 1 aliphatic heterocycles. The number of aliphatic carboxylic acids is 1. The highest BCUT2D eigenvalue weighted by Gasteiger charge is 2.76. The fraction of sp³-hybridized carbons (Fsp3) is 0.385. The molecule has 0 bridgehead atoms. The first-order valence-corrected chi connectivity index (χ1v) is 8.01.